The fourth-order valence-electron chi connectivity index (χ4n) is 5.06. The van der Waals surface area contributed by atoms with Crippen LogP contribution >= 0.6 is 11.6 Å². The van der Waals surface area contributed by atoms with Crippen molar-refractivity contribution in [2.45, 2.75) is 37.8 Å². The van der Waals surface area contributed by atoms with Crippen molar-refractivity contribution < 1.29 is 9.59 Å². The van der Waals surface area contributed by atoms with E-state index in [1.807, 2.05) is 49.5 Å². The number of aromatic amines is 1. The highest BCUT2D eigenvalue weighted by molar-refractivity contribution is 6.33. The number of hydrogen-bond acceptors (Lipinski definition) is 6. The molecule has 1 saturated carbocycles. The number of aromatic nitrogens is 3. The van der Waals surface area contributed by atoms with Gasteiger partial charge in [0.15, 0.2) is 0 Å². The van der Waals surface area contributed by atoms with Crippen molar-refractivity contribution in [1.29, 1.82) is 0 Å². The third-order valence-corrected chi connectivity index (χ3v) is 7.36. The minimum absolute atomic E-state index is 0.0235. The first-order valence-corrected chi connectivity index (χ1v) is 14.1. The van der Waals surface area contributed by atoms with Crippen molar-refractivity contribution in [3.8, 4) is 11.3 Å². The van der Waals surface area contributed by atoms with E-state index in [1.54, 1.807) is 36.5 Å². The quantitative estimate of drug-likeness (QED) is 0.198. The van der Waals surface area contributed by atoms with Crippen LogP contribution in [-0.2, 0) is 4.79 Å². The summed E-state index contributed by atoms with van der Waals surface area (Å²) in [5.74, 6) is 0.174. The molecule has 0 radical (unpaired) electrons. The van der Waals surface area contributed by atoms with Gasteiger partial charge in [0.2, 0.25) is 11.9 Å². The first kappa shape index (κ1) is 28.3. The van der Waals surface area contributed by atoms with Gasteiger partial charge in [-0.15, -0.1) is 0 Å². The van der Waals surface area contributed by atoms with Crippen LogP contribution in [0.1, 0.15) is 36.0 Å². The van der Waals surface area contributed by atoms with Crippen LogP contribution in [0.15, 0.2) is 73.1 Å². The topological polar surface area (TPSA) is 115 Å². The molecule has 0 aliphatic heterocycles. The molecule has 10 heteroatoms. The fourth-order valence-corrected chi connectivity index (χ4v) is 5.25. The maximum Gasteiger partial charge on any atom is 0.251 e. The van der Waals surface area contributed by atoms with Gasteiger partial charge in [-0.3, -0.25) is 9.59 Å². The van der Waals surface area contributed by atoms with E-state index >= 15 is 0 Å². The number of hydrogen-bond donors (Lipinski definition) is 4. The Morgan fingerprint density at radius 3 is 2.68 bits per heavy atom. The number of fused-ring (bicyclic) bond motifs is 1. The lowest BCUT2D eigenvalue weighted by molar-refractivity contribution is -0.111. The fraction of sp³-hybridized carbons (Fsp3) is 0.290. The van der Waals surface area contributed by atoms with Gasteiger partial charge in [-0.2, -0.15) is 0 Å². The van der Waals surface area contributed by atoms with Crippen LogP contribution in [-0.4, -0.2) is 64.4 Å². The lowest BCUT2D eigenvalue weighted by Crippen LogP contribution is -2.42. The van der Waals surface area contributed by atoms with Gasteiger partial charge in [-0.05, 0) is 70.1 Å². The average molecular weight is 572 g/mol. The second-order valence-electron chi connectivity index (χ2n) is 10.5. The number of amides is 2. The Labute approximate surface area is 244 Å². The minimum atomic E-state index is -0.206. The second kappa shape index (κ2) is 13.0. The summed E-state index contributed by atoms with van der Waals surface area (Å²) in [4.78, 5) is 39.4. The molecule has 1 aliphatic carbocycles. The molecule has 2 aromatic heterocycles. The third kappa shape index (κ3) is 7.31. The number of benzene rings is 2. The van der Waals surface area contributed by atoms with Crippen molar-refractivity contribution in [3.63, 3.8) is 0 Å². The van der Waals surface area contributed by atoms with E-state index in [-0.39, 0.29) is 23.9 Å². The Bertz CT molecular complexity index is 1550. The second-order valence-corrected chi connectivity index (χ2v) is 11.0. The number of carbonyl (C=O) groups excluding carboxylic acids is 2. The molecule has 5 rings (SSSR count). The smallest absolute Gasteiger partial charge is 0.251 e. The summed E-state index contributed by atoms with van der Waals surface area (Å²) < 4.78 is 0. The Balaban J connectivity index is 1.17. The van der Waals surface area contributed by atoms with Crippen molar-refractivity contribution in [2.75, 3.05) is 31.3 Å². The first-order valence-electron chi connectivity index (χ1n) is 13.7. The SMILES string of the molecule is CN(C)CC=CC(=O)Nc1ccc(C(=O)N[C@H]2CCC[C@@H](Nc3ncc(Cl)c(-c4c[nH]c5ccccc45)n3)C2)cc1. The lowest BCUT2D eigenvalue weighted by Gasteiger charge is -2.30. The van der Waals surface area contributed by atoms with Gasteiger partial charge in [0.05, 0.1) is 16.9 Å². The molecule has 212 valence electrons. The Morgan fingerprint density at radius 2 is 1.88 bits per heavy atom. The standard InChI is InChI=1S/C31H34ClN7O2/c1-39(2)16-6-11-28(40)35-21-14-12-20(13-15-21)30(41)36-22-7-5-8-23(17-22)37-31-34-19-26(32)29(38-31)25-18-33-27-10-4-3-9-24(25)27/h3-4,6,9-15,18-19,22-23,33H,5,7-8,16-17H2,1-2H3,(H,35,40)(H,36,41)(H,34,37,38)/t22-,23+/m0/s1. The Morgan fingerprint density at radius 1 is 1.10 bits per heavy atom. The molecule has 0 bridgehead atoms. The summed E-state index contributed by atoms with van der Waals surface area (Å²) in [5.41, 5.74) is 3.80. The van der Waals surface area contributed by atoms with Crippen LogP contribution in [0, 0.1) is 0 Å². The van der Waals surface area contributed by atoms with Gasteiger partial charge in [-0.25, -0.2) is 9.97 Å². The minimum Gasteiger partial charge on any atom is -0.360 e. The summed E-state index contributed by atoms with van der Waals surface area (Å²) in [6.45, 7) is 0.683. The molecule has 2 heterocycles. The van der Waals surface area contributed by atoms with E-state index in [9.17, 15) is 9.59 Å². The van der Waals surface area contributed by atoms with Gasteiger partial charge < -0.3 is 25.8 Å². The van der Waals surface area contributed by atoms with Crippen molar-refractivity contribution in [1.82, 2.24) is 25.2 Å². The van der Waals surface area contributed by atoms with Crippen LogP contribution in [0.25, 0.3) is 22.2 Å². The molecule has 0 spiro atoms. The molecule has 41 heavy (non-hydrogen) atoms. The van der Waals surface area contributed by atoms with Crippen LogP contribution in [0.5, 0.6) is 0 Å². The van der Waals surface area contributed by atoms with Crippen molar-refractivity contribution in [2.24, 2.45) is 0 Å². The number of H-pyrrole nitrogens is 1. The van der Waals surface area contributed by atoms with Gasteiger partial charge in [0.1, 0.15) is 0 Å². The molecular formula is C31H34ClN7O2. The Hall–Kier alpha value is -4.21. The summed E-state index contributed by atoms with van der Waals surface area (Å²) in [6, 6.07) is 15.1. The lowest BCUT2D eigenvalue weighted by atomic mass is 9.91. The number of rotatable bonds is 9. The average Bonchev–Trinajstić information content (AvgIpc) is 3.38. The third-order valence-electron chi connectivity index (χ3n) is 7.09. The number of nitrogens with zero attached hydrogens (tertiary/aromatic N) is 3. The highest BCUT2D eigenvalue weighted by Gasteiger charge is 2.25. The molecule has 1 fully saturated rings. The van der Waals surface area contributed by atoms with E-state index in [0.717, 1.165) is 42.1 Å². The summed E-state index contributed by atoms with van der Waals surface area (Å²) >= 11 is 6.50. The van der Waals surface area contributed by atoms with Gasteiger partial charge in [-0.1, -0.05) is 35.9 Å². The normalized spacial score (nSPS) is 17.2. The van der Waals surface area contributed by atoms with Gasteiger partial charge >= 0.3 is 0 Å². The van der Waals surface area contributed by atoms with E-state index in [1.165, 1.54) is 6.08 Å². The maximum atomic E-state index is 13.0. The van der Waals surface area contributed by atoms with Crippen molar-refractivity contribution >= 4 is 46.0 Å². The molecule has 4 N–H and O–H groups in total. The number of para-hydroxylation sites is 1. The van der Waals surface area contributed by atoms with Crippen LogP contribution in [0.3, 0.4) is 0 Å². The number of likely N-dealkylation sites (N-methyl/N-ethyl adjacent to an activating group) is 1. The van der Waals surface area contributed by atoms with Crippen molar-refractivity contribution in [3.05, 3.63) is 83.7 Å². The van der Waals surface area contributed by atoms with Crippen LogP contribution in [0.2, 0.25) is 5.02 Å². The molecule has 0 saturated heterocycles. The summed E-state index contributed by atoms with van der Waals surface area (Å²) in [5, 5.41) is 11.0. The predicted molar refractivity (Wildman–Crippen MR) is 164 cm³/mol. The van der Waals surface area contributed by atoms with Gasteiger partial charge in [0.25, 0.3) is 5.91 Å². The number of halogens is 1. The number of nitrogens with one attached hydrogen (secondary N) is 4. The zero-order valence-corrected chi connectivity index (χ0v) is 23.9. The molecule has 2 aromatic carbocycles. The van der Waals surface area contributed by atoms with Gasteiger partial charge in [0, 0.05) is 58.6 Å². The van der Waals surface area contributed by atoms with E-state index in [4.69, 9.17) is 16.6 Å². The zero-order chi connectivity index (χ0) is 28.8. The molecule has 9 nitrogen and oxygen atoms in total. The maximum absolute atomic E-state index is 13.0. The largest absolute Gasteiger partial charge is 0.360 e. The highest BCUT2D eigenvalue weighted by Crippen LogP contribution is 2.32. The number of carbonyl (C=O) groups is 2. The van der Waals surface area contributed by atoms with Crippen LogP contribution in [0.4, 0.5) is 11.6 Å². The molecule has 4 aromatic rings. The molecule has 0 unspecified atom stereocenters. The highest BCUT2D eigenvalue weighted by atomic mass is 35.5. The first-order chi connectivity index (χ1) is 19.9. The van der Waals surface area contributed by atoms with Crippen LogP contribution < -0.4 is 16.0 Å². The Kier molecular flexibility index (Phi) is 8.96. The molecular weight excluding hydrogens is 538 g/mol. The van der Waals surface area contributed by atoms with E-state index < -0.39 is 0 Å². The van der Waals surface area contributed by atoms with E-state index in [2.05, 4.69) is 25.9 Å². The molecule has 2 amide bonds. The predicted octanol–water partition coefficient (Wildman–Crippen LogP) is 5.49. The van der Waals surface area contributed by atoms with E-state index in [0.29, 0.717) is 34.5 Å². The summed E-state index contributed by atoms with van der Waals surface area (Å²) in [7, 11) is 3.87. The molecule has 2 atom stereocenters. The zero-order valence-electron chi connectivity index (χ0n) is 23.2. The number of anilines is 2. The monoisotopic (exact) mass is 571 g/mol. The molecule has 1 aliphatic rings. The summed E-state index contributed by atoms with van der Waals surface area (Å²) in [6.07, 6.45) is 10.4.